The molecule has 1 fully saturated rings. The maximum absolute atomic E-state index is 12.9. The number of benzene rings is 1. The highest BCUT2D eigenvalue weighted by atomic mass is 32.2. The van der Waals surface area contributed by atoms with Gasteiger partial charge in [-0.3, -0.25) is 4.79 Å². The number of sulfone groups is 1. The number of hydrogen-bond donors (Lipinski definition) is 1. The largest absolute Gasteiger partial charge is 0.331 e. The topological polar surface area (TPSA) is 101 Å². The average molecular weight is 401 g/mol. The zero-order valence-electron chi connectivity index (χ0n) is 14.9. The van der Waals surface area contributed by atoms with Crippen molar-refractivity contribution in [2.75, 3.05) is 18.1 Å². The Labute approximate surface area is 155 Å². The fourth-order valence-corrected chi connectivity index (χ4v) is 5.93. The summed E-state index contributed by atoms with van der Waals surface area (Å²) in [5.41, 5.74) is 0.197. The second kappa shape index (κ2) is 7.89. The van der Waals surface area contributed by atoms with Crippen LogP contribution in [0.4, 0.5) is 0 Å². The Morgan fingerprint density at radius 1 is 1.42 bits per heavy atom. The normalized spacial score (nSPS) is 19.4. The van der Waals surface area contributed by atoms with Crippen LogP contribution in [-0.2, 0) is 19.9 Å². The number of amides is 1. The van der Waals surface area contributed by atoms with Crippen molar-refractivity contribution in [3.8, 4) is 0 Å². The first-order valence-corrected chi connectivity index (χ1v) is 11.6. The number of nitrogens with one attached hydrogen (secondary N) is 1. The van der Waals surface area contributed by atoms with Crippen LogP contribution in [0.25, 0.3) is 0 Å². The number of carbonyl (C=O) groups excluding carboxylic acids is 1. The van der Waals surface area contributed by atoms with Crippen LogP contribution in [0.15, 0.2) is 41.8 Å². The summed E-state index contributed by atoms with van der Waals surface area (Å²) in [6.07, 6.45) is 1.90. The van der Waals surface area contributed by atoms with Crippen LogP contribution in [0.1, 0.15) is 30.6 Å². The Hall–Kier alpha value is -1.71. The molecule has 26 heavy (non-hydrogen) atoms. The van der Waals surface area contributed by atoms with E-state index in [0.717, 1.165) is 0 Å². The van der Waals surface area contributed by atoms with E-state index in [1.807, 2.05) is 0 Å². The van der Waals surface area contributed by atoms with Gasteiger partial charge in [-0.2, -0.15) is 0 Å². The lowest BCUT2D eigenvalue weighted by Gasteiger charge is -2.27. The molecular weight excluding hydrogens is 376 g/mol. The zero-order chi connectivity index (χ0) is 19.5. The van der Waals surface area contributed by atoms with Crippen LogP contribution >= 0.6 is 0 Å². The third kappa shape index (κ3) is 4.93. The third-order valence-electron chi connectivity index (χ3n) is 4.02. The van der Waals surface area contributed by atoms with Crippen molar-refractivity contribution in [3.63, 3.8) is 0 Å². The van der Waals surface area contributed by atoms with Gasteiger partial charge in [0.1, 0.15) is 0 Å². The van der Waals surface area contributed by atoms with Gasteiger partial charge in [0.25, 0.3) is 5.91 Å². The standard InChI is InChI=1S/C17H24N2O5S2/c1-4-9-19(15-8-10-25(21,22)12-15)17(20)14-6-5-7-16(11-14)26(23,24)18-13(2)3/h4-7,11,13,15,18H,1,8-10,12H2,2-3H3. The minimum Gasteiger partial charge on any atom is -0.331 e. The number of carbonyl (C=O) groups is 1. The van der Waals surface area contributed by atoms with E-state index in [2.05, 4.69) is 11.3 Å². The van der Waals surface area contributed by atoms with E-state index in [-0.39, 0.29) is 34.6 Å². The zero-order valence-corrected chi connectivity index (χ0v) is 16.5. The molecule has 1 unspecified atom stereocenters. The molecule has 0 spiro atoms. The summed E-state index contributed by atoms with van der Waals surface area (Å²) in [7, 11) is -6.88. The Kier molecular flexibility index (Phi) is 6.25. The molecule has 0 radical (unpaired) electrons. The lowest BCUT2D eigenvalue weighted by atomic mass is 10.1. The lowest BCUT2D eigenvalue weighted by molar-refractivity contribution is 0.0720. The molecule has 1 aliphatic rings. The minimum atomic E-state index is -3.73. The molecule has 0 saturated carbocycles. The van der Waals surface area contributed by atoms with Crippen molar-refractivity contribution >= 4 is 25.8 Å². The van der Waals surface area contributed by atoms with E-state index in [1.54, 1.807) is 13.8 Å². The van der Waals surface area contributed by atoms with Gasteiger partial charge in [0.2, 0.25) is 10.0 Å². The van der Waals surface area contributed by atoms with E-state index < -0.39 is 31.8 Å². The molecule has 1 aromatic rings. The van der Waals surface area contributed by atoms with Crippen LogP contribution < -0.4 is 4.72 Å². The second-order valence-corrected chi connectivity index (χ2v) is 10.5. The fourth-order valence-electron chi connectivity index (χ4n) is 2.90. The van der Waals surface area contributed by atoms with E-state index in [4.69, 9.17) is 0 Å². The van der Waals surface area contributed by atoms with E-state index >= 15 is 0 Å². The van der Waals surface area contributed by atoms with Gasteiger partial charge in [-0.05, 0) is 38.5 Å². The van der Waals surface area contributed by atoms with Crippen molar-refractivity contribution in [1.29, 1.82) is 0 Å². The Morgan fingerprint density at radius 2 is 2.12 bits per heavy atom. The van der Waals surface area contributed by atoms with Gasteiger partial charge in [-0.15, -0.1) is 6.58 Å². The van der Waals surface area contributed by atoms with Gasteiger partial charge in [-0.25, -0.2) is 21.6 Å². The van der Waals surface area contributed by atoms with Crippen LogP contribution in [-0.4, -0.2) is 57.8 Å². The van der Waals surface area contributed by atoms with Crippen molar-refractivity contribution in [2.45, 2.75) is 37.2 Å². The summed E-state index contributed by atoms with van der Waals surface area (Å²) in [4.78, 5) is 14.3. The summed E-state index contributed by atoms with van der Waals surface area (Å²) in [6.45, 7) is 7.23. The summed E-state index contributed by atoms with van der Waals surface area (Å²) in [5, 5.41) is 0. The molecule has 2 rings (SSSR count). The molecule has 1 N–H and O–H groups in total. The molecule has 144 valence electrons. The first-order valence-electron chi connectivity index (χ1n) is 8.30. The Balaban J connectivity index is 2.32. The first-order chi connectivity index (χ1) is 12.1. The highest BCUT2D eigenvalue weighted by molar-refractivity contribution is 7.91. The van der Waals surface area contributed by atoms with Gasteiger partial charge < -0.3 is 4.90 Å². The second-order valence-electron chi connectivity index (χ2n) is 6.61. The molecule has 9 heteroatoms. The third-order valence-corrected chi connectivity index (χ3v) is 7.42. The highest BCUT2D eigenvalue weighted by Crippen LogP contribution is 2.21. The summed E-state index contributed by atoms with van der Waals surface area (Å²) >= 11 is 0. The number of nitrogens with zero attached hydrogens (tertiary/aromatic N) is 1. The fraction of sp³-hybridized carbons (Fsp3) is 0.471. The molecule has 1 amide bonds. The summed E-state index contributed by atoms with van der Waals surface area (Å²) in [6, 6.07) is 5.04. The molecule has 1 heterocycles. The number of rotatable bonds is 7. The van der Waals surface area contributed by atoms with Crippen LogP contribution in [0.5, 0.6) is 0 Å². The van der Waals surface area contributed by atoms with Gasteiger partial charge in [0.15, 0.2) is 9.84 Å². The van der Waals surface area contributed by atoms with E-state index in [9.17, 15) is 21.6 Å². The number of sulfonamides is 1. The molecule has 0 aliphatic carbocycles. The maximum Gasteiger partial charge on any atom is 0.254 e. The summed E-state index contributed by atoms with van der Waals surface area (Å²) < 4.78 is 50.6. The van der Waals surface area contributed by atoms with Crippen LogP contribution in [0, 0.1) is 0 Å². The maximum atomic E-state index is 12.9. The summed E-state index contributed by atoms with van der Waals surface area (Å²) in [5.74, 6) is -0.446. The molecule has 0 aromatic heterocycles. The lowest BCUT2D eigenvalue weighted by Crippen LogP contribution is -2.41. The molecule has 1 aromatic carbocycles. The first kappa shape index (κ1) is 20.6. The molecular formula is C17H24N2O5S2. The van der Waals surface area contributed by atoms with Crippen molar-refractivity contribution < 1.29 is 21.6 Å². The Bertz CT molecular complexity index is 891. The van der Waals surface area contributed by atoms with Crippen LogP contribution in [0.3, 0.4) is 0 Å². The predicted molar refractivity (Wildman–Crippen MR) is 100 cm³/mol. The smallest absolute Gasteiger partial charge is 0.254 e. The van der Waals surface area contributed by atoms with E-state index in [0.29, 0.717) is 6.42 Å². The quantitative estimate of drug-likeness (QED) is 0.693. The van der Waals surface area contributed by atoms with Crippen molar-refractivity contribution in [1.82, 2.24) is 9.62 Å². The average Bonchev–Trinajstić information content (AvgIpc) is 2.90. The van der Waals surface area contributed by atoms with Gasteiger partial charge in [0.05, 0.1) is 16.4 Å². The monoisotopic (exact) mass is 400 g/mol. The highest BCUT2D eigenvalue weighted by Gasteiger charge is 2.34. The van der Waals surface area contributed by atoms with E-state index in [1.165, 1.54) is 35.2 Å². The SMILES string of the molecule is C=CCN(C(=O)c1cccc(S(=O)(=O)NC(C)C)c1)C1CCS(=O)(=O)C1. The predicted octanol–water partition coefficient (Wildman–Crippen LogP) is 1.19. The molecule has 1 atom stereocenters. The Morgan fingerprint density at radius 3 is 2.65 bits per heavy atom. The van der Waals surface area contributed by atoms with Gasteiger partial charge in [-0.1, -0.05) is 12.1 Å². The molecule has 7 nitrogen and oxygen atoms in total. The number of hydrogen-bond acceptors (Lipinski definition) is 5. The van der Waals surface area contributed by atoms with Gasteiger partial charge >= 0.3 is 0 Å². The van der Waals surface area contributed by atoms with Crippen molar-refractivity contribution in [3.05, 3.63) is 42.5 Å². The molecule has 0 bridgehead atoms. The van der Waals surface area contributed by atoms with Crippen molar-refractivity contribution in [2.24, 2.45) is 0 Å². The van der Waals surface area contributed by atoms with Gasteiger partial charge in [0, 0.05) is 24.2 Å². The molecule has 1 aliphatic heterocycles. The van der Waals surface area contributed by atoms with Crippen LogP contribution in [0.2, 0.25) is 0 Å². The molecule has 1 saturated heterocycles. The minimum absolute atomic E-state index is 0.00496.